The van der Waals surface area contributed by atoms with E-state index < -0.39 is 5.41 Å². The van der Waals surface area contributed by atoms with E-state index >= 15 is 0 Å². The first kappa shape index (κ1) is 22.5. The highest BCUT2D eigenvalue weighted by Crippen LogP contribution is 2.42. The fourth-order valence-corrected chi connectivity index (χ4v) is 5.71. The molecule has 8 heteroatoms. The van der Waals surface area contributed by atoms with Crippen LogP contribution in [0.2, 0.25) is 0 Å². The van der Waals surface area contributed by atoms with Gasteiger partial charge in [-0.25, -0.2) is 4.98 Å². The van der Waals surface area contributed by atoms with Crippen LogP contribution >= 0.6 is 11.3 Å². The number of para-hydroxylation sites is 2. The fraction of sp³-hybridized carbons (Fsp3) is 0.385. The molecule has 0 saturated heterocycles. The van der Waals surface area contributed by atoms with Gasteiger partial charge >= 0.3 is 5.97 Å². The molecule has 1 saturated carbocycles. The second-order valence-electron chi connectivity index (χ2n) is 8.61. The van der Waals surface area contributed by atoms with Crippen LogP contribution < -0.4 is 4.74 Å². The summed E-state index contributed by atoms with van der Waals surface area (Å²) < 4.78 is 17.9. The number of benzene rings is 2. The molecule has 0 radical (unpaired) electrons. The van der Waals surface area contributed by atoms with Gasteiger partial charge in [0.25, 0.3) is 5.89 Å². The second kappa shape index (κ2) is 9.93. The monoisotopic (exact) mass is 477 g/mol. The Balaban J connectivity index is 1.30. The quantitative estimate of drug-likeness (QED) is 0.288. The fourth-order valence-electron chi connectivity index (χ4n) is 4.60. The van der Waals surface area contributed by atoms with Crippen LogP contribution in [0.1, 0.15) is 49.9 Å². The average Bonchev–Trinajstić information content (AvgIpc) is 3.50. The van der Waals surface area contributed by atoms with Gasteiger partial charge in [-0.15, -0.1) is 11.3 Å². The number of aromatic nitrogens is 3. The first-order valence-electron chi connectivity index (χ1n) is 11.7. The van der Waals surface area contributed by atoms with Crippen LogP contribution in [0.5, 0.6) is 5.75 Å². The van der Waals surface area contributed by atoms with Crippen molar-refractivity contribution < 1.29 is 18.8 Å². The number of esters is 1. The molecule has 0 bridgehead atoms. The lowest BCUT2D eigenvalue weighted by molar-refractivity contribution is -0.160. The van der Waals surface area contributed by atoms with Gasteiger partial charge in [-0.2, -0.15) is 4.98 Å². The van der Waals surface area contributed by atoms with Crippen molar-refractivity contribution >= 4 is 27.5 Å². The van der Waals surface area contributed by atoms with Crippen molar-refractivity contribution in [1.29, 1.82) is 0 Å². The van der Waals surface area contributed by atoms with E-state index in [0.717, 1.165) is 52.9 Å². The lowest BCUT2D eigenvalue weighted by Gasteiger charge is -2.34. The zero-order valence-electron chi connectivity index (χ0n) is 19.2. The van der Waals surface area contributed by atoms with Crippen LogP contribution in [0.4, 0.5) is 0 Å². The first-order valence-corrected chi connectivity index (χ1v) is 12.5. The third kappa shape index (κ3) is 4.68. The van der Waals surface area contributed by atoms with E-state index in [1.807, 2.05) is 49.4 Å². The van der Waals surface area contributed by atoms with E-state index in [0.29, 0.717) is 24.6 Å². The number of rotatable bonds is 8. The normalized spacial score (nSPS) is 15.3. The Morgan fingerprint density at radius 3 is 2.68 bits per heavy atom. The Morgan fingerprint density at radius 1 is 1.06 bits per heavy atom. The van der Waals surface area contributed by atoms with Crippen molar-refractivity contribution in [1.82, 2.24) is 15.1 Å². The van der Waals surface area contributed by atoms with E-state index in [2.05, 4.69) is 16.2 Å². The number of carbonyl (C=O) groups is 1. The third-order valence-corrected chi connectivity index (χ3v) is 7.33. The second-order valence-corrected chi connectivity index (χ2v) is 9.73. The Kier molecular flexibility index (Phi) is 6.58. The molecule has 0 atom stereocenters. The molecule has 4 aromatic rings. The standard InChI is InChI=1S/C26H27N3O4S/c1-2-31-20-12-6-4-10-18(20)24-28-22(33-29-24)17-32-25(30)26(14-8-3-9-15-26)16-23-27-19-11-5-7-13-21(19)34-23/h4-7,10-13H,2-3,8-9,14-17H2,1H3. The molecule has 2 aromatic heterocycles. The van der Waals surface area contributed by atoms with Crippen LogP contribution in [0, 0.1) is 5.41 Å². The molecule has 1 aliphatic rings. The van der Waals surface area contributed by atoms with Crippen molar-refractivity contribution in [3.8, 4) is 17.1 Å². The molecule has 0 aliphatic heterocycles. The van der Waals surface area contributed by atoms with E-state index in [4.69, 9.17) is 19.0 Å². The summed E-state index contributed by atoms with van der Waals surface area (Å²) in [6, 6.07) is 15.6. The minimum Gasteiger partial charge on any atom is -0.493 e. The maximum Gasteiger partial charge on any atom is 0.313 e. The number of nitrogens with zero attached hydrogens (tertiary/aromatic N) is 3. The summed E-state index contributed by atoms with van der Waals surface area (Å²) >= 11 is 1.66. The number of hydrogen-bond acceptors (Lipinski definition) is 8. The van der Waals surface area contributed by atoms with Crippen LogP contribution in [0.3, 0.4) is 0 Å². The summed E-state index contributed by atoms with van der Waals surface area (Å²) in [5, 5.41) is 5.04. The predicted octanol–water partition coefficient (Wildman–Crippen LogP) is 5.98. The van der Waals surface area contributed by atoms with Gasteiger partial charge < -0.3 is 14.0 Å². The average molecular weight is 478 g/mol. The van der Waals surface area contributed by atoms with Crippen molar-refractivity contribution in [3.05, 3.63) is 59.4 Å². The van der Waals surface area contributed by atoms with Crippen molar-refractivity contribution in [3.63, 3.8) is 0 Å². The lowest BCUT2D eigenvalue weighted by Crippen LogP contribution is -2.37. The molecule has 34 heavy (non-hydrogen) atoms. The largest absolute Gasteiger partial charge is 0.493 e. The number of carbonyl (C=O) groups excluding carboxylic acids is 1. The molecule has 0 N–H and O–H groups in total. The molecule has 1 fully saturated rings. The van der Waals surface area contributed by atoms with E-state index in [9.17, 15) is 4.79 Å². The smallest absolute Gasteiger partial charge is 0.313 e. The molecular formula is C26H27N3O4S. The summed E-state index contributed by atoms with van der Waals surface area (Å²) in [5.41, 5.74) is 1.16. The van der Waals surface area contributed by atoms with E-state index in [1.165, 1.54) is 0 Å². The molecule has 0 spiro atoms. The van der Waals surface area contributed by atoms with Gasteiger partial charge in [0.2, 0.25) is 5.82 Å². The molecule has 7 nitrogen and oxygen atoms in total. The molecule has 176 valence electrons. The zero-order valence-corrected chi connectivity index (χ0v) is 20.0. The van der Waals surface area contributed by atoms with E-state index in [-0.39, 0.29) is 18.5 Å². The molecule has 0 amide bonds. The highest BCUT2D eigenvalue weighted by Gasteiger charge is 2.42. The SMILES string of the molecule is CCOc1ccccc1-c1noc(COC(=O)C2(Cc3nc4ccccc4s3)CCCCC2)n1. The number of fused-ring (bicyclic) bond motifs is 1. The number of thiazole rings is 1. The van der Waals surface area contributed by atoms with Crippen molar-refractivity contribution in [2.24, 2.45) is 5.41 Å². The summed E-state index contributed by atoms with van der Waals surface area (Å²) in [6.07, 6.45) is 5.37. The topological polar surface area (TPSA) is 87.3 Å². The van der Waals surface area contributed by atoms with Crippen LogP contribution in [0.25, 0.3) is 21.6 Å². The Bertz CT molecular complexity index is 1240. The maximum absolute atomic E-state index is 13.4. The van der Waals surface area contributed by atoms with Crippen molar-refractivity contribution in [2.75, 3.05) is 6.61 Å². The molecular weight excluding hydrogens is 450 g/mol. The summed E-state index contributed by atoms with van der Waals surface area (Å²) in [4.78, 5) is 22.6. The van der Waals surface area contributed by atoms with Crippen LogP contribution in [0.15, 0.2) is 53.1 Å². The van der Waals surface area contributed by atoms with Gasteiger partial charge in [-0.1, -0.05) is 48.7 Å². The molecule has 2 aromatic carbocycles. The molecule has 0 unspecified atom stereocenters. The third-order valence-electron chi connectivity index (χ3n) is 6.29. The number of hydrogen-bond donors (Lipinski definition) is 0. The highest BCUT2D eigenvalue weighted by atomic mass is 32.1. The summed E-state index contributed by atoms with van der Waals surface area (Å²) in [6.45, 7) is 2.41. The molecule has 2 heterocycles. The minimum absolute atomic E-state index is 0.0514. The van der Waals surface area contributed by atoms with Crippen LogP contribution in [-0.4, -0.2) is 27.7 Å². The van der Waals surface area contributed by atoms with Gasteiger partial charge in [-0.3, -0.25) is 4.79 Å². The highest BCUT2D eigenvalue weighted by molar-refractivity contribution is 7.18. The Morgan fingerprint density at radius 2 is 1.85 bits per heavy atom. The lowest BCUT2D eigenvalue weighted by atomic mass is 9.72. The maximum atomic E-state index is 13.4. The van der Waals surface area contributed by atoms with Gasteiger partial charge in [0, 0.05) is 6.42 Å². The van der Waals surface area contributed by atoms with Gasteiger partial charge in [0.15, 0.2) is 6.61 Å². The number of ether oxygens (including phenoxy) is 2. The van der Waals surface area contributed by atoms with Gasteiger partial charge in [0.05, 0.1) is 32.8 Å². The molecule has 1 aliphatic carbocycles. The summed E-state index contributed by atoms with van der Waals surface area (Å²) in [7, 11) is 0. The Labute approximate surface area is 202 Å². The minimum atomic E-state index is -0.559. The van der Waals surface area contributed by atoms with Crippen LogP contribution in [-0.2, 0) is 22.6 Å². The Hall–Kier alpha value is -3.26. The predicted molar refractivity (Wildman–Crippen MR) is 130 cm³/mol. The van der Waals surface area contributed by atoms with Gasteiger partial charge in [-0.05, 0) is 44.0 Å². The molecule has 5 rings (SSSR count). The van der Waals surface area contributed by atoms with Crippen molar-refractivity contribution in [2.45, 2.75) is 52.1 Å². The zero-order chi connectivity index (χ0) is 23.4. The first-order chi connectivity index (χ1) is 16.7. The van der Waals surface area contributed by atoms with Gasteiger partial charge in [0.1, 0.15) is 5.75 Å². The summed E-state index contributed by atoms with van der Waals surface area (Å²) in [5.74, 6) is 1.16. The van der Waals surface area contributed by atoms with E-state index in [1.54, 1.807) is 11.3 Å².